The Morgan fingerprint density at radius 3 is 2.46 bits per heavy atom. The highest BCUT2D eigenvalue weighted by atomic mass is 32.2. The van der Waals surface area contributed by atoms with Crippen molar-refractivity contribution in [2.75, 3.05) is 4.90 Å². The first-order chi connectivity index (χ1) is 12.4. The molecule has 7 heteroatoms. The molecule has 0 radical (unpaired) electrons. The molecule has 0 aliphatic carbocycles. The third-order valence-electron chi connectivity index (χ3n) is 4.23. The number of nitrogens with zero attached hydrogens (tertiary/aromatic N) is 2. The summed E-state index contributed by atoms with van der Waals surface area (Å²) in [4.78, 5) is 25.5. The lowest BCUT2D eigenvalue weighted by Crippen LogP contribution is -2.28. The lowest BCUT2D eigenvalue weighted by Gasteiger charge is -2.18. The molecule has 132 valence electrons. The molecule has 1 saturated heterocycles. The highest BCUT2D eigenvalue weighted by Gasteiger charge is 2.35. The Kier molecular flexibility index (Phi) is 5.20. The molecule has 0 aromatic heterocycles. The molecular formula is C19H16N2O3S2. The van der Waals surface area contributed by atoms with Crippen molar-refractivity contribution in [3.63, 3.8) is 0 Å². The Labute approximate surface area is 160 Å². The van der Waals surface area contributed by atoms with Crippen molar-refractivity contribution in [3.8, 4) is 0 Å². The number of para-hydroxylation sites is 1. The highest BCUT2D eigenvalue weighted by Crippen LogP contribution is 2.40. The van der Waals surface area contributed by atoms with Crippen molar-refractivity contribution in [2.24, 2.45) is 0 Å². The Hall–Kier alpha value is -2.51. The summed E-state index contributed by atoms with van der Waals surface area (Å²) >= 11 is 6.72. The van der Waals surface area contributed by atoms with Gasteiger partial charge in [-0.15, -0.1) is 0 Å². The number of carbonyl (C=O) groups is 1. The molecule has 1 amide bonds. The number of allylic oxidation sites excluding steroid dienone is 1. The Balaban J connectivity index is 1.99. The van der Waals surface area contributed by atoms with Crippen LogP contribution in [0.2, 0.25) is 0 Å². The maximum Gasteiger partial charge on any atom is 0.271 e. The van der Waals surface area contributed by atoms with E-state index in [9.17, 15) is 14.9 Å². The molecule has 0 N–H and O–H groups in total. The molecule has 2 aromatic carbocycles. The quantitative estimate of drug-likeness (QED) is 0.323. The van der Waals surface area contributed by atoms with Gasteiger partial charge in [0.25, 0.3) is 11.6 Å². The topological polar surface area (TPSA) is 63.5 Å². The maximum absolute atomic E-state index is 13.0. The first kappa shape index (κ1) is 18.3. The number of nitro groups is 1. The summed E-state index contributed by atoms with van der Waals surface area (Å²) in [6.07, 6.45) is 0.799. The van der Waals surface area contributed by atoms with Crippen molar-refractivity contribution in [1.82, 2.24) is 0 Å². The van der Waals surface area contributed by atoms with Gasteiger partial charge < -0.3 is 0 Å². The first-order valence-electron chi connectivity index (χ1n) is 8.04. The number of amides is 1. The Bertz CT molecular complexity index is 936. The number of non-ortho nitro benzene ring substituents is 1. The van der Waals surface area contributed by atoms with Gasteiger partial charge in [-0.2, -0.15) is 0 Å². The number of hydrogen-bond donors (Lipinski definition) is 0. The van der Waals surface area contributed by atoms with Crippen LogP contribution in [0.15, 0.2) is 53.4 Å². The van der Waals surface area contributed by atoms with E-state index < -0.39 is 4.92 Å². The molecule has 1 fully saturated rings. The zero-order chi connectivity index (χ0) is 18.8. The van der Waals surface area contributed by atoms with E-state index in [1.165, 1.54) is 23.9 Å². The standard InChI is InChI=1S/C19H16N2O3S2/c1-3-13-6-4-5-7-16(13)20-18(22)17(26-19(20)25)12(2)14-8-10-15(11-9-14)21(23)24/h4-11H,3H2,1-2H3/b17-12-. The molecule has 3 rings (SSSR count). The molecule has 0 atom stereocenters. The van der Waals surface area contributed by atoms with E-state index in [0.29, 0.717) is 9.23 Å². The van der Waals surface area contributed by atoms with Gasteiger partial charge in [-0.1, -0.05) is 49.1 Å². The number of benzene rings is 2. The third-order valence-corrected chi connectivity index (χ3v) is 5.71. The lowest BCUT2D eigenvalue weighted by atomic mass is 10.1. The molecular weight excluding hydrogens is 368 g/mol. The number of rotatable bonds is 4. The average molecular weight is 384 g/mol. The van der Waals surface area contributed by atoms with E-state index in [1.54, 1.807) is 17.0 Å². The van der Waals surface area contributed by atoms with E-state index in [1.807, 2.05) is 38.1 Å². The van der Waals surface area contributed by atoms with Gasteiger partial charge in [-0.25, -0.2) is 0 Å². The van der Waals surface area contributed by atoms with E-state index in [-0.39, 0.29) is 11.6 Å². The van der Waals surface area contributed by atoms with Crippen molar-refractivity contribution in [3.05, 3.63) is 74.7 Å². The summed E-state index contributed by atoms with van der Waals surface area (Å²) in [6, 6.07) is 13.9. The highest BCUT2D eigenvalue weighted by molar-refractivity contribution is 8.27. The fourth-order valence-electron chi connectivity index (χ4n) is 2.80. The molecule has 0 spiro atoms. The van der Waals surface area contributed by atoms with Gasteiger partial charge in [0.2, 0.25) is 0 Å². The van der Waals surface area contributed by atoms with E-state index >= 15 is 0 Å². The SMILES string of the molecule is CCc1ccccc1N1C(=O)/C(=C(\C)c2ccc([N+](=O)[O-])cc2)SC1=S. The predicted molar refractivity (Wildman–Crippen MR) is 109 cm³/mol. The number of thioether (sulfide) groups is 1. The van der Waals surface area contributed by atoms with E-state index in [4.69, 9.17) is 12.2 Å². The lowest BCUT2D eigenvalue weighted by molar-refractivity contribution is -0.384. The van der Waals surface area contributed by atoms with Gasteiger partial charge in [0, 0.05) is 12.1 Å². The molecule has 0 unspecified atom stereocenters. The van der Waals surface area contributed by atoms with Gasteiger partial charge in [-0.3, -0.25) is 19.8 Å². The fraction of sp³-hybridized carbons (Fsp3) is 0.158. The van der Waals surface area contributed by atoms with Crippen LogP contribution >= 0.6 is 24.0 Å². The first-order valence-corrected chi connectivity index (χ1v) is 9.26. The predicted octanol–water partition coefficient (Wildman–Crippen LogP) is 4.95. The van der Waals surface area contributed by atoms with Crippen LogP contribution in [0, 0.1) is 10.1 Å². The van der Waals surface area contributed by atoms with Gasteiger partial charge in [-0.05, 0) is 48.2 Å². The monoisotopic (exact) mass is 384 g/mol. The molecule has 1 aliphatic heterocycles. The van der Waals surface area contributed by atoms with Crippen LogP contribution in [0.4, 0.5) is 11.4 Å². The second-order valence-electron chi connectivity index (χ2n) is 5.75. The Morgan fingerprint density at radius 1 is 1.19 bits per heavy atom. The van der Waals surface area contributed by atoms with Crippen LogP contribution in [0.3, 0.4) is 0 Å². The largest absolute Gasteiger partial charge is 0.271 e. The number of nitro benzene ring substituents is 1. The summed E-state index contributed by atoms with van der Waals surface area (Å²) in [5, 5.41) is 10.8. The summed E-state index contributed by atoms with van der Waals surface area (Å²) in [5.74, 6) is -0.156. The molecule has 5 nitrogen and oxygen atoms in total. The van der Waals surface area contributed by atoms with Crippen molar-refractivity contribution in [2.45, 2.75) is 20.3 Å². The Morgan fingerprint density at radius 2 is 1.85 bits per heavy atom. The molecule has 26 heavy (non-hydrogen) atoms. The van der Waals surface area contributed by atoms with Crippen LogP contribution in [0.5, 0.6) is 0 Å². The van der Waals surface area contributed by atoms with Crippen molar-refractivity contribution in [1.29, 1.82) is 0 Å². The normalized spacial score (nSPS) is 16.2. The molecule has 1 heterocycles. The summed E-state index contributed by atoms with van der Waals surface area (Å²) < 4.78 is 0.493. The number of carbonyl (C=O) groups excluding carboxylic acids is 1. The van der Waals surface area contributed by atoms with Crippen LogP contribution in [0.1, 0.15) is 25.0 Å². The minimum Gasteiger partial charge on any atom is -0.268 e. The zero-order valence-electron chi connectivity index (χ0n) is 14.3. The second kappa shape index (κ2) is 7.39. The minimum absolute atomic E-state index is 0.0194. The van der Waals surface area contributed by atoms with Gasteiger partial charge >= 0.3 is 0 Å². The van der Waals surface area contributed by atoms with Crippen LogP contribution in [0.25, 0.3) is 5.57 Å². The van der Waals surface area contributed by atoms with Gasteiger partial charge in [0.15, 0.2) is 4.32 Å². The number of aryl methyl sites for hydroxylation is 1. The van der Waals surface area contributed by atoms with E-state index in [2.05, 4.69) is 0 Å². The van der Waals surface area contributed by atoms with Crippen molar-refractivity contribution >= 4 is 51.2 Å². The smallest absolute Gasteiger partial charge is 0.268 e. The van der Waals surface area contributed by atoms with Gasteiger partial charge in [0.1, 0.15) is 0 Å². The van der Waals surface area contributed by atoms with Crippen molar-refractivity contribution < 1.29 is 9.72 Å². The minimum atomic E-state index is -0.444. The fourth-order valence-corrected chi connectivity index (χ4v) is 4.13. The third kappa shape index (κ3) is 3.27. The summed E-state index contributed by atoms with van der Waals surface area (Å²) in [5.41, 5.74) is 3.40. The molecule has 0 saturated carbocycles. The number of anilines is 1. The maximum atomic E-state index is 13.0. The molecule has 0 bridgehead atoms. The molecule has 1 aliphatic rings. The molecule has 2 aromatic rings. The van der Waals surface area contributed by atoms with Crippen LogP contribution in [-0.4, -0.2) is 15.2 Å². The van der Waals surface area contributed by atoms with Crippen LogP contribution < -0.4 is 4.90 Å². The summed E-state index contributed by atoms with van der Waals surface area (Å²) in [7, 11) is 0. The van der Waals surface area contributed by atoms with E-state index in [0.717, 1.165) is 28.8 Å². The summed E-state index contributed by atoms with van der Waals surface area (Å²) in [6.45, 7) is 3.87. The zero-order valence-corrected chi connectivity index (χ0v) is 15.9. The number of hydrogen-bond acceptors (Lipinski definition) is 5. The second-order valence-corrected chi connectivity index (χ2v) is 7.39. The van der Waals surface area contributed by atoms with Gasteiger partial charge in [0.05, 0.1) is 15.5 Å². The van der Waals surface area contributed by atoms with Crippen LogP contribution in [-0.2, 0) is 11.2 Å². The average Bonchev–Trinajstić information content (AvgIpc) is 2.95. The number of thiocarbonyl (C=S) groups is 1.